The Morgan fingerprint density at radius 3 is 2.50 bits per heavy atom. The first-order valence-corrected chi connectivity index (χ1v) is 3.10. The summed E-state index contributed by atoms with van der Waals surface area (Å²) < 4.78 is 0. The first kappa shape index (κ1) is 6.05. The van der Waals surface area contributed by atoms with Crippen LogP contribution in [0.2, 0.25) is 0 Å². The van der Waals surface area contributed by atoms with Crippen LogP contribution < -0.4 is 5.73 Å². The molecule has 1 saturated carbocycles. The van der Waals surface area contributed by atoms with Crippen molar-refractivity contribution in [2.75, 3.05) is 0 Å². The number of hydrogen-bond acceptors (Lipinski definition) is 2. The molecule has 1 aliphatic rings. The molecule has 1 unspecified atom stereocenters. The fourth-order valence-electron chi connectivity index (χ4n) is 1.17. The minimum Gasteiger partial charge on any atom is -0.391 e. The van der Waals surface area contributed by atoms with Crippen molar-refractivity contribution in [1.82, 2.24) is 0 Å². The van der Waals surface area contributed by atoms with E-state index in [0.29, 0.717) is 0 Å². The Hall–Kier alpha value is -0.0800. The number of aliphatic hydroxyl groups is 1. The van der Waals surface area contributed by atoms with Crippen LogP contribution in [0.15, 0.2) is 0 Å². The van der Waals surface area contributed by atoms with E-state index in [2.05, 4.69) is 0 Å². The van der Waals surface area contributed by atoms with E-state index in [-0.39, 0.29) is 11.6 Å². The maximum absolute atomic E-state index is 9.13. The summed E-state index contributed by atoms with van der Waals surface area (Å²) in [5.74, 6) is 0. The van der Waals surface area contributed by atoms with E-state index in [4.69, 9.17) is 10.8 Å². The molecule has 1 rings (SSSR count). The summed E-state index contributed by atoms with van der Waals surface area (Å²) in [6, 6.07) is 0. The van der Waals surface area contributed by atoms with Gasteiger partial charge in [-0.3, -0.25) is 0 Å². The molecular formula is C6H13NO. The summed E-state index contributed by atoms with van der Waals surface area (Å²) in [5.41, 5.74) is 5.38. The van der Waals surface area contributed by atoms with E-state index in [1.165, 1.54) is 0 Å². The smallest absolute Gasteiger partial charge is 0.0716 e. The van der Waals surface area contributed by atoms with Gasteiger partial charge in [0.25, 0.3) is 0 Å². The van der Waals surface area contributed by atoms with Gasteiger partial charge in [-0.25, -0.2) is 0 Å². The summed E-state index contributed by atoms with van der Waals surface area (Å²) in [4.78, 5) is 0. The van der Waals surface area contributed by atoms with Crippen molar-refractivity contribution in [2.45, 2.75) is 37.8 Å². The molecule has 0 aliphatic heterocycles. The average molecular weight is 115 g/mol. The van der Waals surface area contributed by atoms with Crippen LogP contribution in [0.5, 0.6) is 0 Å². The quantitative estimate of drug-likeness (QED) is 0.475. The van der Waals surface area contributed by atoms with Crippen LogP contribution >= 0.6 is 0 Å². The molecule has 2 nitrogen and oxygen atoms in total. The van der Waals surface area contributed by atoms with Gasteiger partial charge in [0.1, 0.15) is 0 Å². The minimum atomic E-state index is -0.292. The maximum Gasteiger partial charge on any atom is 0.0716 e. The molecule has 0 radical (unpaired) electrons. The molecule has 0 aromatic rings. The Bertz CT molecular complexity index is 90.5. The SMILES string of the molecule is CC1(N)CCC[C@H]1O. The van der Waals surface area contributed by atoms with Crippen LogP contribution in [-0.2, 0) is 0 Å². The number of rotatable bonds is 0. The fourth-order valence-corrected chi connectivity index (χ4v) is 1.17. The highest BCUT2D eigenvalue weighted by Crippen LogP contribution is 2.26. The highest BCUT2D eigenvalue weighted by molar-refractivity contribution is 4.92. The lowest BCUT2D eigenvalue weighted by Crippen LogP contribution is -2.43. The van der Waals surface area contributed by atoms with E-state index in [1.807, 2.05) is 6.92 Å². The molecule has 0 aromatic carbocycles. The summed E-state index contributed by atoms with van der Waals surface area (Å²) in [6.45, 7) is 1.91. The Labute approximate surface area is 49.7 Å². The van der Waals surface area contributed by atoms with Crippen molar-refractivity contribution in [3.63, 3.8) is 0 Å². The van der Waals surface area contributed by atoms with Crippen LogP contribution in [0.1, 0.15) is 26.2 Å². The molecule has 1 aliphatic carbocycles. The van der Waals surface area contributed by atoms with Crippen LogP contribution in [0.25, 0.3) is 0 Å². The van der Waals surface area contributed by atoms with Gasteiger partial charge >= 0.3 is 0 Å². The van der Waals surface area contributed by atoms with Crippen molar-refractivity contribution in [3.05, 3.63) is 0 Å². The summed E-state index contributed by atoms with van der Waals surface area (Å²) in [5, 5.41) is 9.13. The Kier molecular flexibility index (Phi) is 1.29. The van der Waals surface area contributed by atoms with Gasteiger partial charge < -0.3 is 10.8 Å². The van der Waals surface area contributed by atoms with E-state index in [0.717, 1.165) is 19.3 Å². The first-order valence-electron chi connectivity index (χ1n) is 3.10. The largest absolute Gasteiger partial charge is 0.391 e. The van der Waals surface area contributed by atoms with Crippen molar-refractivity contribution < 1.29 is 5.11 Å². The zero-order valence-corrected chi connectivity index (χ0v) is 5.22. The van der Waals surface area contributed by atoms with Crippen LogP contribution in [-0.4, -0.2) is 16.7 Å². The van der Waals surface area contributed by atoms with Gasteiger partial charge in [0.05, 0.1) is 6.10 Å². The molecule has 0 aromatic heterocycles. The van der Waals surface area contributed by atoms with Gasteiger partial charge in [-0.1, -0.05) is 0 Å². The summed E-state index contributed by atoms with van der Waals surface area (Å²) in [6.07, 6.45) is 2.66. The van der Waals surface area contributed by atoms with Crippen LogP contribution in [0.4, 0.5) is 0 Å². The molecule has 48 valence electrons. The minimum absolute atomic E-state index is 0.262. The zero-order valence-electron chi connectivity index (χ0n) is 5.22. The van der Waals surface area contributed by atoms with Crippen molar-refractivity contribution in [3.8, 4) is 0 Å². The number of aliphatic hydroxyl groups excluding tert-OH is 1. The Morgan fingerprint density at radius 2 is 2.38 bits per heavy atom. The normalized spacial score (nSPS) is 47.6. The molecule has 0 spiro atoms. The highest BCUT2D eigenvalue weighted by atomic mass is 16.3. The molecule has 1 fully saturated rings. The summed E-state index contributed by atoms with van der Waals surface area (Å²) >= 11 is 0. The van der Waals surface area contributed by atoms with Gasteiger partial charge in [-0.2, -0.15) is 0 Å². The van der Waals surface area contributed by atoms with E-state index in [9.17, 15) is 0 Å². The Morgan fingerprint density at radius 1 is 1.75 bits per heavy atom. The second-order valence-electron chi connectivity index (χ2n) is 2.91. The van der Waals surface area contributed by atoms with Crippen LogP contribution in [0, 0.1) is 0 Å². The van der Waals surface area contributed by atoms with Crippen LogP contribution in [0.3, 0.4) is 0 Å². The first-order chi connectivity index (χ1) is 3.63. The molecule has 0 amide bonds. The lowest BCUT2D eigenvalue weighted by molar-refractivity contribution is 0.120. The second kappa shape index (κ2) is 1.71. The van der Waals surface area contributed by atoms with Crippen molar-refractivity contribution in [1.29, 1.82) is 0 Å². The van der Waals surface area contributed by atoms with E-state index >= 15 is 0 Å². The second-order valence-corrected chi connectivity index (χ2v) is 2.91. The van der Waals surface area contributed by atoms with Gasteiger partial charge in [0, 0.05) is 5.54 Å². The Balaban J connectivity index is 2.54. The topological polar surface area (TPSA) is 46.2 Å². The molecular weight excluding hydrogens is 102 g/mol. The van der Waals surface area contributed by atoms with Gasteiger partial charge in [0.2, 0.25) is 0 Å². The van der Waals surface area contributed by atoms with Gasteiger partial charge in [0.15, 0.2) is 0 Å². The lowest BCUT2D eigenvalue weighted by atomic mass is 10.0. The predicted octanol–water partition coefficient (Wildman–Crippen LogP) is 0.249. The standard InChI is InChI=1S/C6H13NO/c1-6(7)4-2-3-5(6)8/h5,8H,2-4,7H2,1H3/t5-,6?/m1/s1. The third-order valence-corrected chi connectivity index (χ3v) is 1.95. The molecule has 0 saturated heterocycles. The zero-order chi connectivity index (χ0) is 6.20. The van der Waals surface area contributed by atoms with Gasteiger partial charge in [-0.15, -0.1) is 0 Å². The third kappa shape index (κ3) is 0.858. The lowest BCUT2D eigenvalue weighted by Gasteiger charge is -2.21. The average Bonchev–Trinajstić information content (AvgIpc) is 1.86. The fraction of sp³-hybridized carbons (Fsp3) is 1.00. The summed E-state index contributed by atoms with van der Waals surface area (Å²) in [7, 11) is 0. The number of nitrogens with two attached hydrogens (primary N) is 1. The molecule has 2 atom stereocenters. The molecule has 0 heterocycles. The maximum atomic E-state index is 9.13. The molecule has 2 heteroatoms. The van der Waals surface area contributed by atoms with Crippen molar-refractivity contribution >= 4 is 0 Å². The molecule has 0 bridgehead atoms. The monoisotopic (exact) mass is 115 g/mol. The van der Waals surface area contributed by atoms with Gasteiger partial charge in [-0.05, 0) is 26.2 Å². The third-order valence-electron chi connectivity index (χ3n) is 1.95. The van der Waals surface area contributed by atoms with E-state index < -0.39 is 0 Å². The number of hydrogen-bond donors (Lipinski definition) is 2. The predicted molar refractivity (Wildman–Crippen MR) is 32.5 cm³/mol. The highest BCUT2D eigenvalue weighted by Gasteiger charge is 2.32. The van der Waals surface area contributed by atoms with Crippen molar-refractivity contribution in [2.24, 2.45) is 5.73 Å². The molecule has 3 N–H and O–H groups in total. The molecule has 8 heavy (non-hydrogen) atoms. The van der Waals surface area contributed by atoms with E-state index in [1.54, 1.807) is 0 Å².